The second-order valence-corrected chi connectivity index (χ2v) is 7.90. The molecule has 1 N–H and O–H groups in total. The Labute approximate surface area is 171 Å². The Morgan fingerprint density at radius 2 is 1.83 bits per heavy atom. The first-order chi connectivity index (χ1) is 13.9. The maximum absolute atomic E-state index is 13.0. The van der Waals surface area contributed by atoms with Crippen LogP contribution in [0.5, 0.6) is 0 Å². The van der Waals surface area contributed by atoms with Gasteiger partial charge in [0, 0.05) is 6.42 Å². The van der Waals surface area contributed by atoms with E-state index in [-0.39, 0.29) is 18.7 Å². The van der Waals surface area contributed by atoms with Gasteiger partial charge in [0.15, 0.2) is 0 Å². The fraction of sp³-hybridized carbons (Fsp3) is 0.545. The largest absolute Gasteiger partial charge is 0.306 e. The van der Waals surface area contributed by atoms with E-state index in [1.54, 1.807) is 12.1 Å². The number of hydrogen-bond donors (Lipinski definition) is 1. The lowest BCUT2D eigenvalue weighted by Crippen LogP contribution is -2.54. The van der Waals surface area contributed by atoms with Crippen LogP contribution in [-0.2, 0) is 16.0 Å². The van der Waals surface area contributed by atoms with Crippen molar-refractivity contribution in [3.05, 3.63) is 34.9 Å². The molecule has 0 aromatic heterocycles. The topological polar surface area (TPSA) is 86.8 Å². The molecule has 3 rings (SSSR count). The first-order valence-corrected chi connectivity index (χ1v) is 10.5. The molecular weight excluding hydrogens is 370 g/mol. The van der Waals surface area contributed by atoms with Crippen molar-refractivity contribution < 1.29 is 19.2 Å². The zero-order chi connectivity index (χ0) is 21.0. The minimum absolute atomic E-state index is 0.127. The van der Waals surface area contributed by atoms with Gasteiger partial charge in [0.2, 0.25) is 11.8 Å². The molecule has 0 spiro atoms. The lowest BCUT2D eigenvalue weighted by atomic mass is 9.98. The zero-order valence-electron chi connectivity index (χ0n) is 17.2. The lowest BCUT2D eigenvalue weighted by Gasteiger charge is -2.27. The molecule has 4 amide bonds. The van der Waals surface area contributed by atoms with Crippen molar-refractivity contribution in [3.63, 3.8) is 0 Å². The summed E-state index contributed by atoms with van der Waals surface area (Å²) in [5.74, 6) is -1.81. The van der Waals surface area contributed by atoms with E-state index < -0.39 is 23.8 Å². The number of imide groups is 2. The van der Waals surface area contributed by atoms with Gasteiger partial charge in [0.1, 0.15) is 6.04 Å². The van der Waals surface area contributed by atoms with Crippen molar-refractivity contribution in [2.75, 3.05) is 20.1 Å². The van der Waals surface area contributed by atoms with Crippen molar-refractivity contribution >= 4 is 23.6 Å². The average Bonchev–Trinajstić information content (AvgIpc) is 2.95. The Hall–Kier alpha value is -2.54. The molecule has 2 aliphatic rings. The molecule has 29 heavy (non-hydrogen) atoms. The first-order valence-electron chi connectivity index (χ1n) is 10.5. The second-order valence-electron chi connectivity index (χ2n) is 7.90. The normalized spacial score (nSPS) is 19.1. The monoisotopic (exact) mass is 399 g/mol. The van der Waals surface area contributed by atoms with E-state index in [4.69, 9.17) is 0 Å². The molecule has 0 radical (unpaired) electrons. The molecule has 7 nitrogen and oxygen atoms in total. The molecular formula is C22H29N3O4. The Morgan fingerprint density at radius 1 is 1.07 bits per heavy atom. The van der Waals surface area contributed by atoms with E-state index in [1.807, 2.05) is 6.07 Å². The molecule has 1 unspecified atom stereocenters. The SMILES string of the molecule is CCCCN(C)CCCCc1cccc2c1C(=O)N(C1CCC(=O)NC1=O)C2=O. The molecule has 1 atom stereocenters. The maximum Gasteiger partial charge on any atom is 0.262 e. The third-order valence-corrected chi connectivity index (χ3v) is 5.68. The highest BCUT2D eigenvalue weighted by Gasteiger charge is 2.45. The van der Waals surface area contributed by atoms with Crippen LogP contribution in [0.25, 0.3) is 0 Å². The molecule has 1 aromatic rings. The van der Waals surface area contributed by atoms with Crippen molar-refractivity contribution in [1.82, 2.24) is 15.1 Å². The van der Waals surface area contributed by atoms with Crippen molar-refractivity contribution in [2.24, 2.45) is 0 Å². The van der Waals surface area contributed by atoms with E-state index in [0.717, 1.165) is 36.4 Å². The average molecular weight is 399 g/mol. The number of carbonyl (C=O) groups is 4. The summed E-state index contributed by atoms with van der Waals surface area (Å²) in [5.41, 5.74) is 1.63. The number of aryl methyl sites for hydroxylation is 1. The number of carbonyl (C=O) groups excluding carboxylic acids is 4. The Kier molecular flexibility index (Phi) is 6.79. The van der Waals surface area contributed by atoms with Gasteiger partial charge in [-0.1, -0.05) is 25.5 Å². The molecule has 156 valence electrons. The third-order valence-electron chi connectivity index (χ3n) is 5.68. The summed E-state index contributed by atoms with van der Waals surface area (Å²) in [6.45, 7) is 4.27. The second kappa shape index (κ2) is 9.31. The molecule has 0 bridgehead atoms. The van der Waals surface area contributed by atoms with E-state index in [1.165, 1.54) is 12.8 Å². The molecule has 1 aromatic carbocycles. The highest BCUT2D eigenvalue weighted by molar-refractivity contribution is 6.24. The molecule has 2 heterocycles. The quantitative estimate of drug-likeness (QED) is 0.508. The Morgan fingerprint density at radius 3 is 2.55 bits per heavy atom. The third kappa shape index (κ3) is 4.56. The fourth-order valence-corrected chi connectivity index (χ4v) is 4.03. The van der Waals surface area contributed by atoms with Gasteiger partial charge in [-0.15, -0.1) is 0 Å². The number of unbranched alkanes of at least 4 members (excludes halogenated alkanes) is 2. The van der Waals surface area contributed by atoms with E-state index >= 15 is 0 Å². The minimum Gasteiger partial charge on any atom is -0.306 e. The van der Waals surface area contributed by atoms with E-state index in [0.29, 0.717) is 17.5 Å². The van der Waals surface area contributed by atoms with Crippen LogP contribution in [0.15, 0.2) is 18.2 Å². The molecule has 0 aliphatic carbocycles. The van der Waals surface area contributed by atoms with Crippen LogP contribution in [-0.4, -0.2) is 59.6 Å². The summed E-state index contributed by atoms with van der Waals surface area (Å²) in [4.78, 5) is 52.8. The molecule has 7 heteroatoms. The van der Waals surface area contributed by atoms with Gasteiger partial charge in [-0.3, -0.25) is 29.4 Å². The fourth-order valence-electron chi connectivity index (χ4n) is 4.03. The number of benzene rings is 1. The predicted octanol–water partition coefficient (Wildman–Crippen LogP) is 2.14. The summed E-state index contributed by atoms with van der Waals surface area (Å²) in [6, 6.07) is 4.41. The predicted molar refractivity (Wildman–Crippen MR) is 108 cm³/mol. The highest BCUT2D eigenvalue weighted by atomic mass is 16.2. The first kappa shape index (κ1) is 21.2. The summed E-state index contributed by atoms with van der Waals surface area (Å²) in [5, 5.41) is 2.23. The Bertz CT molecular complexity index is 820. The molecule has 2 aliphatic heterocycles. The summed E-state index contributed by atoms with van der Waals surface area (Å²) in [6.07, 6.45) is 5.33. The van der Waals surface area contributed by atoms with Crippen molar-refractivity contribution in [1.29, 1.82) is 0 Å². The number of fused-ring (bicyclic) bond motifs is 1. The summed E-state index contributed by atoms with van der Waals surface area (Å²) in [7, 11) is 2.12. The van der Waals surface area contributed by atoms with Crippen molar-refractivity contribution in [2.45, 2.75) is 57.9 Å². The number of piperidine rings is 1. The zero-order valence-corrected chi connectivity index (χ0v) is 17.2. The highest BCUT2D eigenvalue weighted by Crippen LogP contribution is 2.30. The van der Waals surface area contributed by atoms with Gasteiger partial charge >= 0.3 is 0 Å². The standard InChI is InChI=1S/C22H29N3O4/c1-3-4-13-24(2)14-6-5-8-15-9-7-10-16-19(15)22(29)25(21(16)28)17-11-12-18(26)23-20(17)27/h7,9-10,17H,3-6,8,11-14H2,1-2H3,(H,23,26,27). The smallest absolute Gasteiger partial charge is 0.262 e. The van der Waals surface area contributed by atoms with Crippen LogP contribution in [0, 0.1) is 0 Å². The summed E-state index contributed by atoms with van der Waals surface area (Å²) < 4.78 is 0. The van der Waals surface area contributed by atoms with Crippen LogP contribution in [0.1, 0.15) is 71.7 Å². The van der Waals surface area contributed by atoms with Crippen LogP contribution in [0.3, 0.4) is 0 Å². The van der Waals surface area contributed by atoms with Gasteiger partial charge in [-0.2, -0.15) is 0 Å². The molecule has 1 fully saturated rings. The van der Waals surface area contributed by atoms with E-state index in [2.05, 4.69) is 24.2 Å². The van der Waals surface area contributed by atoms with E-state index in [9.17, 15) is 19.2 Å². The maximum atomic E-state index is 13.0. The van der Waals surface area contributed by atoms with Gasteiger partial charge in [0.05, 0.1) is 11.1 Å². The van der Waals surface area contributed by atoms with Crippen LogP contribution < -0.4 is 5.32 Å². The number of rotatable bonds is 9. The number of nitrogens with zero attached hydrogens (tertiary/aromatic N) is 2. The minimum atomic E-state index is -0.917. The van der Waals surface area contributed by atoms with Crippen molar-refractivity contribution in [3.8, 4) is 0 Å². The molecule has 1 saturated heterocycles. The number of amides is 4. The number of nitrogens with one attached hydrogen (secondary N) is 1. The Balaban J connectivity index is 1.67. The van der Waals surface area contributed by atoms with Crippen LogP contribution >= 0.6 is 0 Å². The van der Waals surface area contributed by atoms with Gasteiger partial charge in [0.25, 0.3) is 11.8 Å². The number of hydrogen-bond acceptors (Lipinski definition) is 5. The summed E-state index contributed by atoms with van der Waals surface area (Å²) >= 11 is 0. The van der Waals surface area contributed by atoms with Crippen LogP contribution in [0.2, 0.25) is 0 Å². The van der Waals surface area contributed by atoms with Gasteiger partial charge in [-0.25, -0.2) is 0 Å². The van der Waals surface area contributed by atoms with Gasteiger partial charge in [-0.05, 0) is 63.9 Å². The molecule has 0 saturated carbocycles. The van der Waals surface area contributed by atoms with Crippen LogP contribution in [0.4, 0.5) is 0 Å². The lowest BCUT2D eigenvalue weighted by molar-refractivity contribution is -0.136. The van der Waals surface area contributed by atoms with Gasteiger partial charge < -0.3 is 4.90 Å².